The zero-order valence-electron chi connectivity index (χ0n) is 10.1. The number of nitrogens with two attached hydrogens (primary N) is 1. The van der Waals surface area contributed by atoms with Gasteiger partial charge < -0.3 is 10.5 Å². The van der Waals surface area contributed by atoms with Gasteiger partial charge in [0.2, 0.25) is 0 Å². The molecule has 1 aromatic heterocycles. The topological polar surface area (TPSA) is 61.0 Å². The summed E-state index contributed by atoms with van der Waals surface area (Å²) in [7, 11) is 0. The first-order chi connectivity index (χ1) is 8.08. The van der Waals surface area contributed by atoms with Crippen LogP contribution in [-0.4, -0.2) is 9.36 Å². The maximum atomic E-state index is 5.87. The van der Waals surface area contributed by atoms with Crippen molar-refractivity contribution >= 4 is 17.2 Å². The molecule has 5 heteroatoms. The van der Waals surface area contributed by atoms with E-state index < -0.39 is 0 Å². The zero-order chi connectivity index (χ0) is 12.4. The predicted molar refractivity (Wildman–Crippen MR) is 69.7 cm³/mol. The van der Waals surface area contributed by atoms with Crippen LogP contribution in [0.3, 0.4) is 0 Å². The van der Waals surface area contributed by atoms with Crippen LogP contribution in [0.4, 0.5) is 5.69 Å². The molecule has 17 heavy (non-hydrogen) atoms. The number of hydrogen-bond donors (Lipinski definition) is 1. The van der Waals surface area contributed by atoms with Crippen LogP contribution in [0.15, 0.2) is 18.2 Å². The fourth-order valence-corrected chi connectivity index (χ4v) is 2.08. The van der Waals surface area contributed by atoms with Crippen molar-refractivity contribution in [3.8, 4) is 10.9 Å². The number of nitrogen functional groups attached to an aromatic ring is 1. The number of aromatic nitrogens is 2. The van der Waals surface area contributed by atoms with Gasteiger partial charge >= 0.3 is 0 Å². The van der Waals surface area contributed by atoms with Gasteiger partial charge in [-0.25, -0.2) is 0 Å². The molecule has 0 aliphatic heterocycles. The van der Waals surface area contributed by atoms with Crippen molar-refractivity contribution in [1.82, 2.24) is 9.36 Å². The molecule has 90 valence electrons. The third kappa shape index (κ3) is 2.55. The molecule has 2 N–H and O–H groups in total. The van der Waals surface area contributed by atoms with E-state index in [-0.39, 0.29) is 0 Å². The maximum Gasteiger partial charge on any atom is 0.298 e. The Morgan fingerprint density at radius 2 is 2.12 bits per heavy atom. The predicted octanol–water partition coefficient (Wildman–Crippen LogP) is 3.34. The van der Waals surface area contributed by atoms with E-state index in [4.69, 9.17) is 10.5 Å². The Labute approximate surface area is 105 Å². The molecule has 0 atom stereocenters. The molecule has 1 heterocycles. The largest absolute Gasteiger partial charge is 0.427 e. The molecule has 0 unspecified atom stereocenters. The van der Waals surface area contributed by atoms with Gasteiger partial charge in [-0.15, -0.1) is 0 Å². The fourth-order valence-electron chi connectivity index (χ4n) is 1.40. The van der Waals surface area contributed by atoms with Crippen molar-refractivity contribution in [2.45, 2.75) is 26.7 Å². The average Bonchev–Trinajstić information content (AvgIpc) is 2.72. The van der Waals surface area contributed by atoms with Gasteiger partial charge in [0.1, 0.15) is 5.82 Å². The highest BCUT2D eigenvalue weighted by Crippen LogP contribution is 2.32. The highest BCUT2D eigenvalue weighted by molar-refractivity contribution is 7.07. The van der Waals surface area contributed by atoms with E-state index in [1.54, 1.807) is 0 Å². The minimum absolute atomic E-state index is 0.304. The molecular formula is C12H15N3OS. The molecule has 0 radical (unpaired) electrons. The van der Waals surface area contributed by atoms with Gasteiger partial charge in [0.05, 0.1) is 5.69 Å². The Bertz CT molecular complexity index is 502. The first-order valence-electron chi connectivity index (χ1n) is 5.44. The second kappa shape index (κ2) is 4.71. The second-order valence-corrected chi connectivity index (χ2v) is 4.88. The van der Waals surface area contributed by atoms with Gasteiger partial charge in [0.15, 0.2) is 5.75 Å². The smallest absolute Gasteiger partial charge is 0.298 e. The number of ether oxygens (including phenoxy) is 1. The maximum absolute atomic E-state index is 5.87. The minimum Gasteiger partial charge on any atom is -0.427 e. The summed E-state index contributed by atoms with van der Waals surface area (Å²) in [4.78, 5) is 4.32. The Morgan fingerprint density at radius 1 is 1.35 bits per heavy atom. The molecule has 0 amide bonds. The van der Waals surface area contributed by atoms with E-state index >= 15 is 0 Å². The van der Waals surface area contributed by atoms with E-state index in [1.165, 1.54) is 11.5 Å². The minimum atomic E-state index is 0.304. The molecular weight excluding hydrogens is 234 g/mol. The van der Waals surface area contributed by atoms with Crippen LogP contribution >= 0.6 is 11.5 Å². The molecule has 0 aliphatic carbocycles. The number of nitrogens with zero attached hydrogens (tertiary/aromatic N) is 2. The van der Waals surface area contributed by atoms with E-state index in [2.05, 4.69) is 9.36 Å². The molecule has 0 saturated heterocycles. The fraction of sp³-hybridized carbons (Fsp3) is 0.333. The summed E-state index contributed by atoms with van der Waals surface area (Å²) in [5.74, 6) is 1.77. The van der Waals surface area contributed by atoms with Crippen LogP contribution in [0.1, 0.15) is 31.2 Å². The standard InChI is InChI=1S/C12H15N3OS/c1-7(2)11-14-12(17-15-11)16-10-8(3)5-4-6-9(10)13/h4-7H,13H2,1-3H3. The lowest BCUT2D eigenvalue weighted by Gasteiger charge is -2.07. The molecule has 0 spiro atoms. The Balaban J connectivity index is 2.25. The number of hydrogen-bond acceptors (Lipinski definition) is 5. The second-order valence-electron chi connectivity index (χ2n) is 4.17. The van der Waals surface area contributed by atoms with Gasteiger partial charge in [0, 0.05) is 17.5 Å². The normalized spacial score (nSPS) is 10.8. The van der Waals surface area contributed by atoms with Crippen LogP contribution in [0.2, 0.25) is 0 Å². The van der Waals surface area contributed by atoms with Gasteiger partial charge in [-0.3, -0.25) is 0 Å². The molecule has 1 aromatic carbocycles. The van der Waals surface area contributed by atoms with Gasteiger partial charge in [-0.2, -0.15) is 9.36 Å². The molecule has 0 aliphatic rings. The number of anilines is 1. The Kier molecular flexibility index (Phi) is 3.28. The van der Waals surface area contributed by atoms with Crippen molar-refractivity contribution in [2.24, 2.45) is 0 Å². The van der Waals surface area contributed by atoms with Crippen molar-refractivity contribution in [3.05, 3.63) is 29.6 Å². The lowest BCUT2D eigenvalue weighted by molar-refractivity contribution is 0.475. The molecule has 0 fully saturated rings. The third-order valence-electron chi connectivity index (χ3n) is 2.37. The first-order valence-corrected chi connectivity index (χ1v) is 6.22. The van der Waals surface area contributed by atoms with E-state index in [0.29, 0.717) is 22.5 Å². The molecule has 2 aromatic rings. The van der Waals surface area contributed by atoms with Crippen LogP contribution in [0.25, 0.3) is 0 Å². The quantitative estimate of drug-likeness (QED) is 0.847. The molecule has 2 rings (SSSR count). The van der Waals surface area contributed by atoms with Crippen LogP contribution in [-0.2, 0) is 0 Å². The lowest BCUT2D eigenvalue weighted by atomic mass is 10.2. The van der Waals surface area contributed by atoms with Crippen molar-refractivity contribution in [3.63, 3.8) is 0 Å². The van der Waals surface area contributed by atoms with Crippen molar-refractivity contribution < 1.29 is 4.74 Å². The molecule has 0 bridgehead atoms. The molecule has 4 nitrogen and oxygen atoms in total. The van der Waals surface area contributed by atoms with Crippen LogP contribution < -0.4 is 10.5 Å². The summed E-state index contributed by atoms with van der Waals surface area (Å²) in [5, 5.41) is 0.537. The number of benzene rings is 1. The number of para-hydroxylation sites is 1. The lowest BCUT2D eigenvalue weighted by Crippen LogP contribution is -1.95. The summed E-state index contributed by atoms with van der Waals surface area (Å²) in [6.45, 7) is 6.05. The summed E-state index contributed by atoms with van der Waals surface area (Å²) in [6, 6.07) is 5.67. The van der Waals surface area contributed by atoms with E-state index in [1.807, 2.05) is 39.0 Å². The monoisotopic (exact) mass is 249 g/mol. The van der Waals surface area contributed by atoms with Gasteiger partial charge in [-0.1, -0.05) is 26.0 Å². The average molecular weight is 249 g/mol. The van der Waals surface area contributed by atoms with Crippen LogP contribution in [0, 0.1) is 6.92 Å². The summed E-state index contributed by atoms with van der Waals surface area (Å²) < 4.78 is 9.93. The summed E-state index contributed by atoms with van der Waals surface area (Å²) in [6.07, 6.45) is 0. The summed E-state index contributed by atoms with van der Waals surface area (Å²) >= 11 is 1.25. The Morgan fingerprint density at radius 3 is 2.71 bits per heavy atom. The number of aryl methyl sites for hydroxylation is 1. The third-order valence-corrected chi connectivity index (χ3v) is 2.98. The molecule has 0 saturated carbocycles. The SMILES string of the molecule is Cc1cccc(N)c1Oc1nc(C(C)C)ns1. The summed E-state index contributed by atoms with van der Waals surface area (Å²) in [5.41, 5.74) is 7.48. The Hall–Kier alpha value is -1.62. The zero-order valence-corrected chi connectivity index (χ0v) is 10.9. The first kappa shape index (κ1) is 11.9. The highest BCUT2D eigenvalue weighted by atomic mass is 32.1. The van der Waals surface area contributed by atoms with Gasteiger partial charge in [0.25, 0.3) is 5.19 Å². The van der Waals surface area contributed by atoms with E-state index in [0.717, 1.165) is 11.4 Å². The van der Waals surface area contributed by atoms with Crippen molar-refractivity contribution in [1.29, 1.82) is 0 Å². The van der Waals surface area contributed by atoms with Crippen molar-refractivity contribution in [2.75, 3.05) is 5.73 Å². The van der Waals surface area contributed by atoms with E-state index in [9.17, 15) is 0 Å². The van der Waals surface area contributed by atoms with Gasteiger partial charge in [-0.05, 0) is 18.6 Å². The highest BCUT2D eigenvalue weighted by Gasteiger charge is 2.11. The number of rotatable bonds is 3. The van der Waals surface area contributed by atoms with Crippen LogP contribution in [0.5, 0.6) is 10.9 Å².